The fraction of sp³-hybridized carbons (Fsp3) is 0.250. The molecule has 0 radical (unpaired) electrons. The van der Waals surface area contributed by atoms with Gasteiger partial charge in [-0.05, 0) is 50.1 Å². The van der Waals surface area contributed by atoms with Crippen LogP contribution in [0.15, 0.2) is 48.5 Å². The quantitative estimate of drug-likeness (QED) is 0.781. The van der Waals surface area contributed by atoms with E-state index < -0.39 is 24.5 Å². The smallest absolute Gasteiger partial charge is 0.328 e. The Labute approximate surface area is 152 Å². The Hall–Kier alpha value is -3.15. The molecule has 0 saturated heterocycles. The van der Waals surface area contributed by atoms with Crippen molar-refractivity contribution in [2.45, 2.75) is 26.8 Å². The van der Waals surface area contributed by atoms with Crippen LogP contribution in [0.5, 0.6) is 0 Å². The Bertz CT molecular complexity index is 803. The molecular formula is C20H22N2O4. The monoisotopic (exact) mass is 354 g/mol. The maximum Gasteiger partial charge on any atom is 0.328 e. The van der Waals surface area contributed by atoms with Crippen LogP contribution >= 0.6 is 0 Å². The number of carbonyl (C=O) groups is 3. The van der Waals surface area contributed by atoms with Crippen molar-refractivity contribution in [3.05, 3.63) is 65.2 Å². The molecule has 26 heavy (non-hydrogen) atoms. The lowest BCUT2D eigenvalue weighted by molar-refractivity contribution is -0.148. The summed E-state index contributed by atoms with van der Waals surface area (Å²) in [6, 6.07) is 13.2. The maximum atomic E-state index is 12.0. The van der Waals surface area contributed by atoms with Gasteiger partial charge in [0.15, 0.2) is 6.61 Å². The van der Waals surface area contributed by atoms with Crippen molar-refractivity contribution in [2.75, 3.05) is 11.9 Å². The second-order valence-electron chi connectivity index (χ2n) is 5.96. The van der Waals surface area contributed by atoms with Crippen molar-refractivity contribution in [3.8, 4) is 0 Å². The van der Waals surface area contributed by atoms with Crippen molar-refractivity contribution < 1.29 is 19.1 Å². The zero-order valence-electron chi connectivity index (χ0n) is 15.0. The van der Waals surface area contributed by atoms with Gasteiger partial charge in [0.05, 0.1) is 0 Å². The van der Waals surface area contributed by atoms with Crippen molar-refractivity contribution in [1.29, 1.82) is 0 Å². The molecule has 0 unspecified atom stereocenters. The predicted molar refractivity (Wildman–Crippen MR) is 98.9 cm³/mol. The number of carbonyl (C=O) groups excluding carboxylic acids is 3. The summed E-state index contributed by atoms with van der Waals surface area (Å²) >= 11 is 0. The largest absolute Gasteiger partial charge is 0.454 e. The normalized spacial score (nSPS) is 11.3. The van der Waals surface area contributed by atoms with E-state index >= 15 is 0 Å². The summed E-state index contributed by atoms with van der Waals surface area (Å²) in [6.45, 7) is 4.93. The van der Waals surface area contributed by atoms with Crippen molar-refractivity contribution in [1.82, 2.24) is 5.32 Å². The number of aryl methyl sites for hydroxylation is 1. The summed E-state index contributed by atoms with van der Waals surface area (Å²) in [7, 11) is 0. The van der Waals surface area contributed by atoms with Crippen LogP contribution in [-0.2, 0) is 14.3 Å². The molecule has 0 bridgehead atoms. The lowest BCUT2D eigenvalue weighted by Crippen LogP contribution is -2.40. The van der Waals surface area contributed by atoms with Crippen LogP contribution in [0.25, 0.3) is 0 Å². The number of amides is 2. The number of hydrogen-bond acceptors (Lipinski definition) is 4. The summed E-state index contributed by atoms with van der Waals surface area (Å²) in [4.78, 5) is 36.0. The van der Waals surface area contributed by atoms with Crippen LogP contribution in [0, 0.1) is 13.8 Å². The summed E-state index contributed by atoms with van der Waals surface area (Å²) < 4.78 is 4.98. The number of hydrogen-bond donors (Lipinski definition) is 2. The average molecular weight is 354 g/mol. The van der Waals surface area contributed by atoms with E-state index in [0.717, 1.165) is 11.1 Å². The fourth-order valence-corrected chi connectivity index (χ4v) is 2.26. The second-order valence-corrected chi connectivity index (χ2v) is 5.96. The van der Waals surface area contributed by atoms with Crippen LogP contribution in [-0.4, -0.2) is 30.4 Å². The van der Waals surface area contributed by atoms with E-state index in [-0.39, 0.29) is 5.91 Å². The first kappa shape index (κ1) is 19.2. The minimum Gasteiger partial charge on any atom is -0.454 e. The molecular weight excluding hydrogens is 332 g/mol. The van der Waals surface area contributed by atoms with E-state index in [4.69, 9.17) is 4.74 Å². The van der Waals surface area contributed by atoms with Gasteiger partial charge >= 0.3 is 5.97 Å². The van der Waals surface area contributed by atoms with Gasteiger partial charge in [0.1, 0.15) is 6.04 Å². The minimum absolute atomic E-state index is 0.380. The molecule has 2 rings (SSSR count). The molecule has 0 aliphatic carbocycles. The third kappa shape index (κ3) is 5.17. The molecule has 6 heteroatoms. The fourth-order valence-electron chi connectivity index (χ4n) is 2.26. The van der Waals surface area contributed by atoms with Crippen LogP contribution in [0.1, 0.15) is 28.4 Å². The van der Waals surface area contributed by atoms with Gasteiger partial charge in [0.2, 0.25) is 0 Å². The Balaban J connectivity index is 1.82. The van der Waals surface area contributed by atoms with Crippen LogP contribution in [0.2, 0.25) is 0 Å². The Morgan fingerprint density at radius 1 is 1.00 bits per heavy atom. The molecule has 2 amide bonds. The van der Waals surface area contributed by atoms with Gasteiger partial charge in [-0.1, -0.05) is 30.3 Å². The molecule has 1 atom stereocenters. The van der Waals surface area contributed by atoms with Crippen LogP contribution in [0.3, 0.4) is 0 Å². The lowest BCUT2D eigenvalue weighted by Gasteiger charge is -2.14. The lowest BCUT2D eigenvalue weighted by atomic mass is 10.1. The van der Waals surface area contributed by atoms with Gasteiger partial charge in [-0.3, -0.25) is 9.59 Å². The molecule has 0 spiro atoms. The molecule has 0 heterocycles. The number of benzene rings is 2. The molecule has 0 aliphatic heterocycles. The summed E-state index contributed by atoms with van der Waals surface area (Å²) in [6.07, 6.45) is 0. The molecule has 0 fully saturated rings. The summed E-state index contributed by atoms with van der Waals surface area (Å²) in [5.41, 5.74) is 3.13. The summed E-state index contributed by atoms with van der Waals surface area (Å²) in [5, 5.41) is 5.25. The van der Waals surface area contributed by atoms with Crippen molar-refractivity contribution in [3.63, 3.8) is 0 Å². The number of nitrogens with one attached hydrogen (secondary N) is 2. The Morgan fingerprint density at radius 3 is 2.38 bits per heavy atom. The Morgan fingerprint density at radius 2 is 1.69 bits per heavy atom. The van der Waals surface area contributed by atoms with E-state index in [0.29, 0.717) is 11.3 Å². The van der Waals surface area contributed by atoms with Gasteiger partial charge in [-0.25, -0.2) is 4.79 Å². The first-order valence-electron chi connectivity index (χ1n) is 8.27. The topological polar surface area (TPSA) is 84.5 Å². The van der Waals surface area contributed by atoms with Crippen molar-refractivity contribution >= 4 is 23.5 Å². The number of esters is 1. The van der Waals surface area contributed by atoms with Gasteiger partial charge in [0.25, 0.3) is 11.8 Å². The highest BCUT2D eigenvalue weighted by atomic mass is 16.5. The maximum absolute atomic E-state index is 12.0. The van der Waals surface area contributed by atoms with Crippen LogP contribution < -0.4 is 10.6 Å². The zero-order chi connectivity index (χ0) is 19.1. The third-order valence-corrected chi connectivity index (χ3v) is 3.96. The first-order valence-corrected chi connectivity index (χ1v) is 8.27. The number of rotatable bonds is 6. The van der Waals surface area contributed by atoms with Gasteiger partial charge in [0, 0.05) is 11.3 Å². The van der Waals surface area contributed by atoms with Gasteiger partial charge in [-0.2, -0.15) is 0 Å². The van der Waals surface area contributed by atoms with Gasteiger partial charge < -0.3 is 15.4 Å². The van der Waals surface area contributed by atoms with E-state index in [1.54, 1.807) is 36.4 Å². The molecule has 2 N–H and O–H groups in total. The van der Waals surface area contributed by atoms with Crippen molar-refractivity contribution in [2.24, 2.45) is 0 Å². The van der Waals surface area contributed by atoms with Crippen LogP contribution in [0.4, 0.5) is 5.69 Å². The molecule has 0 aromatic heterocycles. The SMILES string of the molecule is Cc1cccc(NC(=O)COC(=O)[C@H](C)NC(=O)c2ccccc2)c1C. The highest BCUT2D eigenvalue weighted by molar-refractivity contribution is 5.97. The van der Waals surface area contributed by atoms with Gasteiger partial charge in [-0.15, -0.1) is 0 Å². The average Bonchev–Trinajstić information content (AvgIpc) is 2.64. The second kappa shape index (κ2) is 8.80. The molecule has 0 saturated carbocycles. The first-order chi connectivity index (χ1) is 12.4. The van der Waals surface area contributed by atoms with E-state index in [9.17, 15) is 14.4 Å². The highest BCUT2D eigenvalue weighted by Gasteiger charge is 2.19. The van der Waals surface area contributed by atoms with E-state index in [2.05, 4.69) is 10.6 Å². The zero-order valence-corrected chi connectivity index (χ0v) is 15.0. The molecule has 2 aromatic carbocycles. The predicted octanol–water partition coefficient (Wildman–Crippen LogP) is 2.60. The molecule has 0 aliphatic rings. The standard InChI is InChI=1S/C20H22N2O4/c1-13-8-7-11-17(14(13)2)22-18(23)12-26-20(25)15(3)21-19(24)16-9-5-4-6-10-16/h4-11,15H,12H2,1-3H3,(H,21,24)(H,22,23)/t15-/m0/s1. The Kier molecular flexibility index (Phi) is 6.49. The molecule has 6 nitrogen and oxygen atoms in total. The molecule has 2 aromatic rings. The van der Waals surface area contributed by atoms with E-state index in [1.807, 2.05) is 26.0 Å². The highest BCUT2D eigenvalue weighted by Crippen LogP contribution is 2.17. The summed E-state index contributed by atoms with van der Waals surface area (Å²) in [5.74, 6) is -1.49. The van der Waals surface area contributed by atoms with E-state index in [1.165, 1.54) is 6.92 Å². The number of ether oxygens (including phenoxy) is 1. The third-order valence-electron chi connectivity index (χ3n) is 3.96. The molecule has 136 valence electrons. The number of anilines is 1. The minimum atomic E-state index is -0.865.